The summed E-state index contributed by atoms with van der Waals surface area (Å²) in [7, 11) is 0. The van der Waals surface area contributed by atoms with Crippen LogP contribution in [-0.4, -0.2) is 16.5 Å². The van der Waals surface area contributed by atoms with E-state index in [9.17, 15) is 0 Å². The molecule has 0 aromatic carbocycles. The minimum Gasteiger partial charge on any atom is -0.250 e. The largest absolute Gasteiger partial charge is 0.250 e. The molecule has 3 heteroatoms. The molecule has 1 aromatic heterocycles. The van der Waals surface area contributed by atoms with Gasteiger partial charge >= 0.3 is 0 Å². The van der Waals surface area contributed by atoms with Gasteiger partial charge in [0.05, 0.1) is 5.03 Å². The van der Waals surface area contributed by atoms with Gasteiger partial charge in [0, 0.05) is 11.1 Å². The maximum atomic E-state index is 4.26. The van der Waals surface area contributed by atoms with Gasteiger partial charge in [0.2, 0.25) is 0 Å². The van der Waals surface area contributed by atoms with Crippen molar-refractivity contribution in [3.8, 4) is 0 Å². The molecule has 1 aromatic rings. The summed E-state index contributed by atoms with van der Waals surface area (Å²) in [6.07, 6.45) is 1.88. The number of hydrogen-bond donors (Lipinski definition) is 0. The van der Waals surface area contributed by atoms with Crippen LogP contribution in [0.25, 0.3) is 0 Å². The first-order valence-electron chi connectivity index (χ1n) is 4.08. The molecule has 0 radical (unpaired) electrons. The highest BCUT2D eigenvalue weighted by Crippen LogP contribution is 2.22. The first-order chi connectivity index (χ1) is 5.86. The lowest BCUT2D eigenvalue weighted by Gasteiger charge is -2.00. The molecule has 0 aliphatic heterocycles. The van der Waals surface area contributed by atoms with E-state index < -0.39 is 0 Å². The van der Waals surface area contributed by atoms with E-state index in [1.807, 2.05) is 18.0 Å². The fourth-order valence-corrected chi connectivity index (χ4v) is 2.28. The summed E-state index contributed by atoms with van der Waals surface area (Å²) in [5, 5.41) is 1.14. The molecule has 0 fully saturated rings. The Labute approximate surface area is 82.4 Å². The first-order valence-corrected chi connectivity index (χ1v) is 6.05. The van der Waals surface area contributed by atoms with Crippen LogP contribution >= 0.6 is 23.5 Å². The summed E-state index contributed by atoms with van der Waals surface area (Å²) in [5.74, 6) is 2.22. The third kappa shape index (κ3) is 3.07. The van der Waals surface area contributed by atoms with Gasteiger partial charge in [-0.25, -0.2) is 4.98 Å². The quantitative estimate of drug-likeness (QED) is 0.691. The second kappa shape index (κ2) is 5.49. The molecule has 1 rings (SSSR count). The van der Waals surface area contributed by atoms with Crippen LogP contribution in [0.5, 0.6) is 0 Å². The molecule has 1 nitrogen and oxygen atoms in total. The van der Waals surface area contributed by atoms with Gasteiger partial charge in [-0.05, 0) is 23.6 Å². The van der Waals surface area contributed by atoms with Crippen LogP contribution in [0.15, 0.2) is 28.3 Å². The summed E-state index contributed by atoms with van der Waals surface area (Å²) in [5.41, 5.74) is 0. The lowest BCUT2D eigenvalue weighted by atomic mass is 10.5. The van der Waals surface area contributed by atoms with Crippen LogP contribution < -0.4 is 0 Å². The topological polar surface area (TPSA) is 12.9 Å². The lowest BCUT2D eigenvalue weighted by molar-refractivity contribution is 1.09. The van der Waals surface area contributed by atoms with E-state index in [1.165, 1.54) is 4.90 Å². The Morgan fingerprint density at radius 3 is 2.67 bits per heavy atom. The summed E-state index contributed by atoms with van der Waals surface area (Å²) >= 11 is 3.65. The van der Waals surface area contributed by atoms with E-state index in [2.05, 4.69) is 31.0 Å². The maximum Gasteiger partial charge on any atom is 0.0970 e. The van der Waals surface area contributed by atoms with Gasteiger partial charge in [0.15, 0.2) is 0 Å². The van der Waals surface area contributed by atoms with Crippen molar-refractivity contribution < 1.29 is 0 Å². The molecular weight excluding hydrogens is 186 g/mol. The second-order valence-corrected chi connectivity index (χ2v) is 4.82. The average Bonchev–Trinajstić information content (AvgIpc) is 2.06. The number of thioether (sulfide) groups is 2. The van der Waals surface area contributed by atoms with E-state index in [1.54, 1.807) is 11.8 Å². The standard InChI is InChI=1S/C9H13NS2/c1-3-11-8-5-6-10-9(7-8)12-4-2/h5-7H,3-4H2,1-2H3. The van der Waals surface area contributed by atoms with Crippen molar-refractivity contribution in [2.75, 3.05) is 11.5 Å². The third-order valence-electron chi connectivity index (χ3n) is 1.31. The van der Waals surface area contributed by atoms with Gasteiger partial charge in [0.1, 0.15) is 0 Å². The number of pyridine rings is 1. The zero-order valence-electron chi connectivity index (χ0n) is 7.41. The van der Waals surface area contributed by atoms with Crippen molar-refractivity contribution in [3.05, 3.63) is 18.3 Å². The predicted octanol–water partition coefficient (Wildman–Crippen LogP) is 3.31. The Morgan fingerprint density at radius 2 is 2.00 bits per heavy atom. The van der Waals surface area contributed by atoms with Crippen molar-refractivity contribution in [1.82, 2.24) is 4.98 Å². The molecule has 12 heavy (non-hydrogen) atoms. The van der Waals surface area contributed by atoms with Crippen molar-refractivity contribution >= 4 is 23.5 Å². The van der Waals surface area contributed by atoms with Crippen molar-refractivity contribution in [2.24, 2.45) is 0 Å². The van der Waals surface area contributed by atoms with Crippen LogP contribution in [0.2, 0.25) is 0 Å². The van der Waals surface area contributed by atoms with E-state index in [4.69, 9.17) is 0 Å². The van der Waals surface area contributed by atoms with Crippen LogP contribution in [0.1, 0.15) is 13.8 Å². The molecule has 0 unspecified atom stereocenters. The maximum absolute atomic E-state index is 4.26. The fraction of sp³-hybridized carbons (Fsp3) is 0.444. The summed E-state index contributed by atoms with van der Waals surface area (Å²) in [4.78, 5) is 5.58. The normalized spacial score (nSPS) is 10.2. The Bertz CT molecular complexity index is 216. The highest BCUT2D eigenvalue weighted by molar-refractivity contribution is 8.00. The van der Waals surface area contributed by atoms with Crippen molar-refractivity contribution in [2.45, 2.75) is 23.8 Å². The van der Waals surface area contributed by atoms with Crippen molar-refractivity contribution in [1.29, 1.82) is 0 Å². The van der Waals surface area contributed by atoms with E-state index in [0.717, 1.165) is 16.5 Å². The van der Waals surface area contributed by atoms with Crippen LogP contribution in [0, 0.1) is 0 Å². The van der Waals surface area contributed by atoms with Gasteiger partial charge in [0.25, 0.3) is 0 Å². The number of rotatable bonds is 4. The zero-order valence-corrected chi connectivity index (χ0v) is 9.04. The lowest BCUT2D eigenvalue weighted by Crippen LogP contribution is -1.81. The van der Waals surface area contributed by atoms with Gasteiger partial charge in [-0.3, -0.25) is 0 Å². The minimum atomic E-state index is 1.09. The van der Waals surface area contributed by atoms with Gasteiger partial charge < -0.3 is 0 Å². The highest BCUT2D eigenvalue weighted by atomic mass is 32.2. The molecule has 66 valence electrons. The number of aromatic nitrogens is 1. The smallest absolute Gasteiger partial charge is 0.0970 e. The molecule has 0 amide bonds. The molecule has 0 bridgehead atoms. The van der Waals surface area contributed by atoms with E-state index in [0.29, 0.717) is 0 Å². The SMILES string of the molecule is CCSc1ccnc(SCC)c1. The number of hydrogen-bond acceptors (Lipinski definition) is 3. The molecule has 1 heterocycles. The molecule has 0 aliphatic carbocycles. The van der Waals surface area contributed by atoms with Crippen molar-refractivity contribution in [3.63, 3.8) is 0 Å². The molecule has 0 N–H and O–H groups in total. The predicted molar refractivity (Wildman–Crippen MR) is 57.0 cm³/mol. The van der Waals surface area contributed by atoms with E-state index >= 15 is 0 Å². The zero-order chi connectivity index (χ0) is 8.81. The second-order valence-electron chi connectivity index (χ2n) is 2.20. The Kier molecular flexibility index (Phi) is 4.54. The Morgan fingerprint density at radius 1 is 1.25 bits per heavy atom. The van der Waals surface area contributed by atoms with Gasteiger partial charge in [-0.15, -0.1) is 23.5 Å². The molecule has 0 spiro atoms. The minimum absolute atomic E-state index is 1.09. The summed E-state index contributed by atoms with van der Waals surface area (Å²) < 4.78 is 0. The summed E-state index contributed by atoms with van der Waals surface area (Å²) in [6, 6.07) is 4.22. The number of nitrogens with zero attached hydrogens (tertiary/aromatic N) is 1. The van der Waals surface area contributed by atoms with Gasteiger partial charge in [-0.1, -0.05) is 13.8 Å². The monoisotopic (exact) mass is 199 g/mol. The third-order valence-corrected chi connectivity index (χ3v) is 2.99. The van der Waals surface area contributed by atoms with Gasteiger partial charge in [-0.2, -0.15) is 0 Å². The average molecular weight is 199 g/mol. The fourth-order valence-electron chi connectivity index (χ4n) is 0.875. The first kappa shape index (κ1) is 9.93. The Balaban J connectivity index is 2.67. The summed E-state index contributed by atoms with van der Waals surface area (Å²) in [6.45, 7) is 4.31. The Hall–Kier alpha value is -0.150. The molecule has 0 aliphatic rings. The van der Waals surface area contributed by atoms with E-state index in [-0.39, 0.29) is 0 Å². The van der Waals surface area contributed by atoms with Crippen LogP contribution in [0.4, 0.5) is 0 Å². The molecule has 0 saturated carbocycles. The van der Waals surface area contributed by atoms with Crippen LogP contribution in [-0.2, 0) is 0 Å². The molecular formula is C9H13NS2. The molecule has 0 atom stereocenters. The van der Waals surface area contributed by atoms with Crippen LogP contribution in [0.3, 0.4) is 0 Å². The highest BCUT2D eigenvalue weighted by Gasteiger charge is 1.95. The molecule has 0 saturated heterocycles.